The van der Waals surface area contributed by atoms with Crippen LogP contribution in [0.4, 0.5) is 0 Å². The standard InChI is InChI=1S/C18H20N4O2S/c1-13-4-2-5-14(21-13)9-24-15-8-18(25-10-15)11-22(12-18)17(23)16-19-6-3-7-20-16/h2-7,15H,8-12H2,1H3/t15-/m1/s1. The van der Waals surface area contributed by atoms with E-state index in [2.05, 4.69) is 15.0 Å². The second kappa shape index (κ2) is 6.72. The summed E-state index contributed by atoms with van der Waals surface area (Å²) in [6.07, 6.45) is 4.40. The fourth-order valence-corrected chi connectivity index (χ4v) is 4.91. The van der Waals surface area contributed by atoms with Crippen LogP contribution in [0.1, 0.15) is 28.4 Å². The monoisotopic (exact) mass is 356 g/mol. The molecule has 2 saturated heterocycles. The number of ether oxygens (including phenoxy) is 1. The highest BCUT2D eigenvalue weighted by Gasteiger charge is 2.51. The van der Waals surface area contributed by atoms with Gasteiger partial charge in [-0.3, -0.25) is 9.78 Å². The second-order valence-corrected chi connectivity index (χ2v) is 8.12. The van der Waals surface area contributed by atoms with Gasteiger partial charge >= 0.3 is 0 Å². The van der Waals surface area contributed by atoms with Crippen molar-refractivity contribution in [2.45, 2.75) is 30.8 Å². The zero-order valence-electron chi connectivity index (χ0n) is 14.1. The van der Waals surface area contributed by atoms with E-state index in [1.54, 1.807) is 18.5 Å². The van der Waals surface area contributed by atoms with Crippen LogP contribution in [0.25, 0.3) is 0 Å². The molecule has 0 unspecified atom stereocenters. The first-order valence-electron chi connectivity index (χ1n) is 8.38. The summed E-state index contributed by atoms with van der Waals surface area (Å²) in [5.41, 5.74) is 1.98. The van der Waals surface area contributed by atoms with Gasteiger partial charge in [-0.1, -0.05) is 6.07 Å². The summed E-state index contributed by atoms with van der Waals surface area (Å²) in [6.45, 7) is 4.03. The zero-order valence-corrected chi connectivity index (χ0v) is 14.9. The van der Waals surface area contributed by atoms with Gasteiger partial charge in [-0.25, -0.2) is 9.97 Å². The number of aryl methyl sites for hydroxylation is 1. The van der Waals surface area contributed by atoms with Crippen molar-refractivity contribution in [2.75, 3.05) is 18.8 Å². The molecule has 0 bridgehead atoms. The minimum Gasteiger partial charge on any atom is -0.371 e. The number of nitrogens with zero attached hydrogens (tertiary/aromatic N) is 4. The number of amides is 1. The van der Waals surface area contributed by atoms with E-state index in [1.807, 2.05) is 41.8 Å². The van der Waals surface area contributed by atoms with E-state index in [-0.39, 0.29) is 22.6 Å². The molecule has 1 atom stereocenters. The highest BCUT2D eigenvalue weighted by atomic mass is 32.2. The van der Waals surface area contributed by atoms with Crippen LogP contribution in [0.5, 0.6) is 0 Å². The van der Waals surface area contributed by atoms with Gasteiger partial charge in [0.05, 0.1) is 23.2 Å². The highest BCUT2D eigenvalue weighted by Crippen LogP contribution is 2.46. The predicted octanol–water partition coefficient (Wildman–Crippen LogP) is 2.10. The SMILES string of the molecule is Cc1cccc(CO[C@H]2CSC3(C2)CN(C(=O)c2ncccn2)C3)n1. The topological polar surface area (TPSA) is 68.2 Å². The molecule has 2 aliphatic rings. The molecule has 2 fully saturated rings. The number of carbonyl (C=O) groups is 1. The fourth-order valence-electron chi connectivity index (χ4n) is 3.36. The number of aromatic nitrogens is 3. The van der Waals surface area contributed by atoms with Crippen LogP contribution in [-0.4, -0.2) is 55.5 Å². The van der Waals surface area contributed by atoms with Crippen molar-refractivity contribution in [2.24, 2.45) is 0 Å². The van der Waals surface area contributed by atoms with E-state index < -0.39 is 0 Å². The van der Waals surface area contributed by atoms with E-state index in [9.17, 15) is 4.79 Å². The van der Waals surface area contributed by atoms with E-state index in [4.69, 9.17) is 4.74 Å². The molecule has 0 N–H and O–H groups in total. The third-order valence-electron chi connectivity index (χ3n) is 4.59. The summed E-state index contributed by atoms with van der Waals surface area (Å²) in [7, 11) is 0. The molecule has 1 spiro atoms. The number of pyridine rings is 1. The summed E-state index contributed by atoms with van der Waals surface area (Å²) in [5, 5.41) is 0. The Hall–Kier alpha value is -1.99. The quantitative estimate of drug-likeness (QED) is 0.836. The Labute approximate surface area is 151 Å². The largest absolute Gasteiger partial charge is 0.371 e. The maximum atomic E-state index is 12.3. The number of hydrogen-bond donors (Lipinski definition) is 0. The van der Waals surface area contributed by atoms with Crippen molar-refractivity contribution < 1.29 is 9.53 Å². The van der Waals surface area contributed by atoms with E-state index in [0.29, 0.717) is 6.61 Å². The van der Waals surface area contributed by atoms with E-state index >= 15 is 0 Å². The molecular weight excluding hydrogens is 336 g/mol. The molecule has 1 amide bonds. The van der Waals surface area contributed by atoms with Crippen molar-refractivity contribution in [1.82, 2.24) is 19.9 Å². The van der Waals surface area contributed by atoms with Gasteiger partial charge in [0.15, 0.2) is 0 Å². The summed E-state index contributed by atoms with van der Waals surface area (Å²) >= 11 is 1.91. The van der Waals surface area contributed by atoms with E-state index in [1.165, 1.54) is 0 Å². The average Bonchev–Trinajstić information content (AvgIpc) is 3.04. The Bertz CT molecular complexity index is 765. The van der Waals surface area contributed by atoms with Gasteiger partial charge in [0.25, 0.3) is 5.91 Å². The lowest BCUT2D eigenvalue weighted by Gasteiger charge is -2.47. The Balaban J connectivity index is 1.28. The number of hydrogen-bond acceptors (Lipinski definition) is 6. The van der Waals surface area contributed by atoms with Crippen molar-refractivity contribution in [1.29, 1.82) is 0 Å². The third kappa shape index (κ3) is 3.52. The molecule has 0 aliphatic carbocycles. The molecule has 7 heteroatoms. The third-order valence-corrected chi connectivity index (χ3v) is 6.17. The van der Waals surface area contributed by atoms with Crippen molar-refractivity contribution >= 4 is 17.7 Å². The molecule has 4 rings (SSSR count). The number of thioether (sulfide) groups is 1. The molecule has 2 aromatic heterocycles. The molecular formula is C18H20N4O2S. The summed E-state index contributed by atoms with van der Waals surface area (Å²) in [5.74, 6) is 1.16. The minimum absolute atomic E-state index is 0.0832. The maximum Gasteiger partial charge on any atom is 0.291 e. The second-order valence-electron chi connectivity index (χ2n) is 6.64. The predicted molar refractivity (Wildman–Crippen MR) is 95.3 cm³/mol. The molecule has 2 aliphatic heterocycles. The molecule has 130 valence electrons. The first-order valence-corrected chi connectivity index (χ1v) is 9.37. The van der Waals surface area contributed by atoms with Crippen LogP contribution < -0.4 is 0 Å². The van der Waals surface area contributed by atoms with Gasteiger partial charge in [-0.2, -0.15) is 0 Å². The van der Waals surface area contributed by atoms with Gasteiger partial charge in [0.2, 0.25) is 5.82 Å². The van der Waals surface area contributed by atoms with Crippen molar-refractivity contribution in [3.8, 4) is 0 Å². The Morgan fingerprint density at radius 3 is 2.88 bits per heavy atom. The fraction of sp³-hybridized carbons (Fsp3) is 0.444. The zero-order chi connectivity index (χ0) is 17.3. The van der Waals surface area contributed by atoms with Gasteiger partial charge in [0.1, 0.15) is 0 Å². The number of rotatable bonds is 4. The van der Waals surface area contributed by atoms with Gasteiger partial charge in [-0.15, -0.1) is 11.8 Å². The van der Waals surface area contributed by atoms with Crippen LogP contribution in [0.3, 0.4) is 0 Å². The Morgan fingerprint density at radius 2 is 2.12 bits per heavy atom. The highest BCUT2D eigenvalue weighted by molar-refractivity contribution is 8.01. The molecule has 2 aromatic rings. The normalized spacial score (nSPS) is 21.3. The number of carbonyl (C=O) groups excluding carboxylic acids is 1. The molecule has 6 nitrogen and oxygen atoms in total. The first kappa shape index (κ1) is 16.5. The van der Waals surface area contributed by atoms with Crippen molar-refractivity contribution in [3.05, 3.63) is 53.9 Å². The van der Waals surface area contributed by atoms with E-state index in [0.717, 1.165) is 36.7 Å². The number of likely N-dealkylation sites (tertiary alicyclic amines) is 1. The summed E-state index contributed by atoms with van der Waals surface area (Å²) < 4.78 is 6.18. The Morgan fingerprint density at radius 1 is 1.32 bits per heavy atom. The lowest BCUT2D eigenvalue weighted by molar-refractivity contribution is 0.0240. The summed E-state index contributed by atoms with van der Waals surface area (Å²) in [6, 6.07) is 7.70. The van der Waals surface area contributed by atoms with Gasteiger partial charge in [0, 0.05) is 36.9 Å². The molecule has 4 heterocycles. The molecule has 25 heavy (non-hydrogen) atoms. The summed E-state index contributed by atoms with van der Waals surface area (Å²) in [4.78, 5) is 26.7. The van der Waals surface area contributed by atoms with Crippen LogP contribution in [0, 0.1) is 6.92 Å². The van der Waals surface area contributed by atoms with Crippen LogP contribution in [0.2, 0.25) is 0 Å². The van der Waals surface area contributed by atoms with Gasteiger partial charge < -0.3 is 9.64 Å². The van der Waals surface area contributed by atoms with Gasteiger partial charge in [-0.05, 0) is 31.5 Å². The smallest absolute Gasteiger partial charge is 0.291 e. The van der Waals surface area contributed by atoms with Crippen LogP contribution >= 0.6 is 11.8 Å². The maximum absolute atomic E-state index is 12.3. The average molecular weight is 356 g/mol. The Kier molecular flexibility index (Phi) is 4.43. The lowest BCUT2D eigenvalue weighted by Crippen LogP contribution is -2.61. The molecule has 0 saturated carbocycles. The first-order chi connectivity index (χ1) is 12.1. The van der Waals surface area contributed by atoms with Crippen LogP contribution in [-0.2, 0) is 11.3 Å². The molecule has 0 radical (unpaired) electrons. The lowest BCUT2D eigenvalue weighted by atomic mass is 9.93. The van der Waals surface area contributed by atoms with Crippen LogP contribution in [0.15, 0.2) is 36.7 Å². The van der Waals surface area contributed by atoms with Crippen molar-refractivity contribution in [3.63, 3.8) is 0 Å². The minimum atomic E-state index is -0.0832. The molecule has 0 aromatic carbocycles.